The van der Waals surface area contributed by atoms with Gasteiger partial charge in [-0.1, -0.05) is 18.2 Å². The lowest BCUT2D eigenvalue weighted by atomic mass is 9.97. The summed E-state index contributed by atoms with van der Waals surface area (Å²) >= 11 is 0. The van der Waals surface area contributed by atoms with E-state index in [0.29, 0.717) is 13.0 Å². The molecule has 0 spiro atoms. The van der Waals surface area contributed by atoms with Crippen LogP contribution in [0, 0.1) is 5.82 Å². The van der Waals surface area contributed by atoms with Gasteiger partial charge >= 0.3 is 0 Å². The summed E-state index contributed by atoms with van der Waals surface area (Å²) < 4.78 is 12.8. The molecule has 23 heavy (non-hydrogen) atoms. The lowest BCUT2D eigenvalue weighted by molar-refractivity contribution is 0.0953. The van der Waals surface area contributed by atoms with Gasteiger partial charge in [-0.3, -0.25) is 4.79 Å². The zero-order valence-corrected chi connectivity index (χ0v) is 13.6. The van der Waals surface area contributed by atoms with E-state index in [0.717, 1.165) is 41.8 Å². The normalized spacial score (nSPS) is 12.6. The molecule has 0 saturated heterocycles. The van der Waals surface area contributed by atoms with Crippen LogP contribution in [0.15, 0.2) is 42.5 Å². The Morgan fingerprint density at radius 3 is 2.74 bits per heavy atom. The summed E-state index contributed by atoms with van der Waals surface area (Å²) in [4.78, 5) is 12.4. The Kier molecular flexibility index (Phi) is 5.99. The highest BCUT2D eigenvalue weighted by Crippen LogP contribution is 2.25. The Hall–Kier alpha value is -2.07. The fourth-order valence-corrected chi connectivity index (χ4v) is 2.79. The van der Waals surface area contributed by atoms with Crippen molar-refractivity contribution >= 4 is 24.0 Å². The van der Waals surface area contributed by atoms with Gasteiger partial charge in [0.15, 0.2) is 0 Å². The van der Waals surface area contributed by atoms with Crippen molar-refractivity contribution in [2.24, 2.45) is 0 Å². The van der Waals surface area contributed by atoms with E-state index in [2.05, 4.69) is 10.6 Å². The highest BCUT2D eigenvalue weighted by Gasteiger charge is 2.16. The number of hydrogen-bond acceptors (Lipinski definition) is 2. The van der Waals surface area contributed by atoms with E-state index < -0.39 is 0 Å². The topological polar surface area (TPSA) is 41.1 Å². The number of carbonyl (C=O) groups is 1. The highest BCUT2D eigenvalue weighted by atomic mass is 35.5. The van der Waals surface area contributed by atoms with Gasteiger partial charge in [0, 0.05) is 24.3 Å². The zero-order chi connectivity index (χ0) is 15.4. The van der Waals surface area contributed by atoms with Crippen LogP contribution >= 0.6 is 12.4 Å². The average molecular weight is 335 g/mol. The van der Waals surface area contributed by atoms with Crippen molar-refractivity contribution in [2.75, 3.05) is 18.4 Å². The van der Waals surface area contributed by atoms with Crippen molar-refractivity contribution in [2.45, 2.75) is 19.3 Å². The van der Waals surface area contributed by atoms with Crippen molar-refractivity contribution in [3.8, 4) is 0 Å². The van der Waals surface area contributed by atoms with Crippen molar-refractivity contribution < 1.29 is 9.18 Å². The van der Waals surface area contributed by atoms with Gasteiger partial charge in [0.2, 0.25) is 0 Å². The fraction of sp³-hybridized carbons (Fsp3) is 0.278. The van der Waals surface area contributed by atoms with E-state index in [1.807, 2.05) is 18.2 Å². The molecular formula is C18H20ClFN2O. The van der Waals surface area contributed by atoms with Gasteiger partial charge in [0.05, 0.1) is 0 Å². The van der Waals surface area contributed by atoms with Crippen molar-refractivity contribution in [1.29, 1.82) is 0 Å². The smallest absolute Gasteiger partial charge is 0.251 e. The molecular weight excluding hydrogens is 315 g/mol. The van der Waals surface area contributed by atoms with E-state index in [-0.39, 0.29) is 24.1 Å². The third-order valence-electron chi connectivity index (χ3n) is 3.95. The van der Waals surface area contributed by atoms with Crippen LogP contribution in [0.3, 0.4) is 0 Å². The molecule has 0 unspecified atom stereocenters. The van der Waals surface area contributed by atoms with E-state index in [1.54, 1.807) is 12.1 Å². The molecule has 2 aromatic rings. The molecule has 3 nitrogen and oxygen atoms in total. The Morgan fingerprint density at radius 2 is 1.96 bits per heavy atom. The van der Waals surface area contributed by atoms with Crippen LogP contribution in [0.2, 0.25) is 0 Å². The number of carbonyl (C=O) groups excluding carboxylic acids is 1. The Bertz CT molecular complexity index is 673. The maximum absolute atomic E-state index is 12.8. The number of nitrogens with one attached hydrogen (secondary N) is 2. The minimum absolute atomic E-state index is 0. The molecule has 1 aliphatic rings. The van der Waals surface area contributed by atoms with Crippen molar-refractivity contribution in [3.05, 3.63) is 65.0 Å². The second kappa shape index (κ2) is 7.97. The Balaban J connectivity index is 0.00000192. The van der Waals surface area contributed by atoms with Crippen LogP contribution in [0.5, 0.6) is 0 Å². The molecule has 122 valence electrons. The maximum Gasteiger partial charge on any atom is 0.251 e. The summed E-state index contributed by atoms with van der Waals surface area (Å²) in [5.74, 6) is -0.279. The average Bonchev–Trinajstić information content (AvgIpc) is 2.56. The third kappa shape index (κ3) is 4.23. The van der Waals surface area contributed by atoms with Gasteiger partial charge < -0.3 is 10.6 Å². The molecule has 0 bridgehead atoms. The zero-order valence-electron chi connectivity index (χ0n) is 12.8. The van der Waals surface area contributed by atoms with Gasteiger partial charge in [-0.15, -0.1) is 12.4 Å². The molecule has 1 heterocycles. The third-order valence-corrected chi connectivity index (χ3v) is 3.95. The molecule has 0 saturated carbocycles. The second-order valence-electron chi connectivity index (χ2n) is 5.49. The molecule has 3 rings (SSSR count). The van der Waals surface area contributed by atoms with Crippen LogP contribution in [0.1, 0.15) is 27.9 Å². The monoisotopic (exact) mass is 334 g/mol. The maximum atomic E-state index is 12.8. The van der Waals surface area contributed by atoms with Gasteiger partial charge in [-0.25, -0.2) is 4.39 Å². The first-order chi connectivity index (χ1) is 10.7. The number of benzene rings is 2. The summed E-state index contributed by atoms with van der Waals surface area (Å²) in [5.41, 5.74) is 3.94. The lowest BCUT2D eigenvalue weighted by Crippen LogP contribution is -2.27. The molecule has 0 aliphatic carbocycles. The molecule has 2 aromatic carbocycles. The van der Waals surface area contributed by atoms with E-state index in [9.17, 15) is 9.18 Å². The van der Waals surface area contributed by atoms with Crippen molar-refractivity contribution in [3.63, 3.8) is 0 Å². The number of amides is 1. The summed E-state index contributed by atoms with van der Waals surface area (Å²) in [5, 5.41) is 6.28. The predicted octanol–water partition coefficient (Wildman–Crippen LogP) is 3.58. The first-order valence-corrected chi connectivity index (χ1v) is 7.62. The minimum Gasteiger partial charge on any atom is -0.385 e. The Labute approximate surface area is 141 Å². The number of anilines is 1. The largest absolute Gasteiger partial charge is 0.385 e. The van der Waals surface area contributed by atoms with E-state index in [4.69, 9.17) is 0 Å². The molecule has 5 heteroatoms. The summed E-state index contributed by atoms with van der Waals surface area (Å²) in [6.07, 6.45) is 2.68. The van der Waals surface area contributed by atoms with Gasteiger partial charge in [-0.05, 0) is 54.7 Å². The molecule has 2 N–H and O–H groups in total. The summed E-state index contributed by atoms with van der Waals surface area (Å²) in [6.45, 7) is 1.50. The number of hydrogen-bond donors (Lipinski definition) is 2. The first-order valence-electron chi connectivity index (χ1n) is 7.62. The first kappa shape index (κ1) is 17.3. The second-order valence-corrected chi connectivity index (χ2v) is 5.49. The van der Waals surface area contributed by atoms with Crippen LogP contribution in [0.25, 0.3) is 0 Å². The predicted molar refractivity (Wildman–Crippen MR) is 92.9 cm³/mol. The van der Waals surface area contributed by atoms with Crippen molar-refractivity contribution in [1.82, 2.24) is 5.32 Å². The van der Waals surface area contributed by atoms with E-state index in [1.165, 1.54) is 12.1 Å². The molecule has 0 atom stereocenters. The van der Waals surface area contributed by atoms with E-state index >= 15 is 0 Å². The van der Waals surface area contributed by atoms with Crippen LogP contribution in [0.4, 0.5) is 10.1 Å². The minimum atomic E-state index is -0.240. The summed E-state index contributed by atoms with van der Waals surface area (Å²) in [6, 6.07) is 12.2. The van der Waals surface area contributed by atoms with Gasteiger partial charge in [-0.2, -0.15) is 0 Å². The van der Waals surface area contributed by atoms with Gasteiger partial charge in [0.1, 0.15) is 5.82 Å². The Morgan fingerprint density at radius 1 is 1.17 bits per heavy atom. The van der Waals surface area contributed by atoms with Gasteiger partial charge in [0.25, 0.3) is 5.91 Å². The quantitative estimate of drug-likeness (QED) is 0.897. The molecule has 1 aliphatic heterocycles. The number of rotatable bonds is 4. The number of fused-ring (bicyclic) bond motifs is 1. The SMILES string of the molecule is Cl.O=C(NCCc1ccc(F)cc1)c1cccc2c1CCCN2. The number of halogens is 2. The highest BCUT2D eigenvalue weighted by molar-refractivity contribution is 5.97. The lowest BCUT2D eigenvalue weighted by Gasteiger charge is -2.20. The molecule has 1 amide bonds. The molecule has 0 fully saturated rings. The van der Waals surface area contributed by atoms with Crippen LogP contribution < -0.4 is 10.6 Å². The van der Waals surface area contributed by atoms with Crippen LogP contribution in [-0.4, -0.2) is 19.0 Å². The van der Waals surface area contributed by atoms with Crippen LogP contribution in [-0.2, 0) is 12.8 Å². The summed E-state index contributed by atoms with van der Waals surface area (Å²) in [7, 11) is 0. The standard InChI is InChI=1S/C18H19FN2O.ClH/c19-14-8-6-13(7-9-14)10-12-21-18(22)16-3-1-5-17-15(16)4-2-11-20-17;/h1,3,5-9,20H,2,4,10-12H2,(H,21,22);1H. The molecule has 0 radical (unpaired) electrons. The fourth-order valence-electron chi connectivity index (χ4n) is 2.79. The molecule has 0 aromatic heterocycles.